The number of sulfonamides is 1. The topological polar surface area (TPSA) is 96.0 Å². The second-order valence-corrected chi connectivity index (χ2v) is 13.5. The summed E-state index contributed by atoms with van der Waals surface area (Å²) in [7, 11) is -0.675. The molecule has 1 aliphatic carbocycles. The van der Waals surface area contributed by atoms with Crippen molar-refractivity contribution >= 4 is 38.2 Å². The van der Waals surface area contributed by atoms with Gasteiger partial charge in [-0.1, -0.05) is 49.6 Å². The molecule has 1 saturated carbocycles. The molecule has 3 aromatic rings. The molecule has 1 aromatic heterocycles. The van der Waals surface area contributed by atoms with E-state index in [2.05, 4.69) is 22.3 Å². The zero-order valence-corrected chi connectivity index (χ0v) is 24.5. The highest BCUT2D eigenvalue weighted by Gasteiger charge is 2.31. The van der Waals surface area contributed by atoms with E-state index >= 15 is 0 Å². The number of hydrogen-bond donors (Lipinski definition) is 1. The van der Waals surface area contributed by atoms with Crippen molar-refractivity contribution in [1.29, 1.82) is 0 Å². The number of anilines is 1. The first kappa shape index (κ1) is 28.5. The maximum Gasteiger partial charge on any atom is 0.341 e. The minimum Gasteiger partial charge on any atom is -0.465 e. The van der Waals surface area contributed by atoms with E-state index in [0.717, 1.165) is 55.6 Å². The highest BCUT2D eigenvalue weighted by atomic mass is 32.2. The first-order valence-corrected chi connectivity index (χ1v) is 15.9. The minimum atomic E-state index is -3.65. The Morgan fingerprint density at radius 3 is 2.42 bits per heavy atom. The molecule has 0 saturated heterocycles. The van der Waals surface area contributed by atoms with Gasteiger partial charge in [-0.3, -0.25) is 9.69 Å². The zero-order chi connectivity index (χ0) is 28.3. The number of methoxy groups -OCH3 is 1. The lowest BCUT2D eigenvalue weighted by Gasteiger charge is -2.30. The van der Waals surface area contributed by atoms with Gasteiger partial charge in [0.25, 0.3) is 5.91 Å². The van der Waals surface area contributed by atoms with Crippen molar-refractivity contribution < 1.29 is 22.7 Å². The van der Waals surface area contributed by atoms with Gasteiger partial charge >= 0.3 is 5.97 Å². The second kappa shape index (κ2) is 12.2. The molecule has 40 heavy (non-hydrogen) atoms. The van der Waals surface area contributed by atoms with Gasteiger partial charge in [-0.15, -0.1) is 11.3 Å². The van der Waals surface area contributed by atoms with Gasteiger partial charge in [-0.2, -0.15) is 4.31 Å². The van der Waals surface area contributed by atoms with Gasteiger partial charge in [0.1, 0.15) is 5.00 Å². The molecule has 1 amide bonds. The summed E-state index contributed by atoms with van der Waals surface area (Å²) in [6.45, 7) is 2.27. The number of nitrogens with one attached hydrogen (secondary N) is 1. The lowest BCUT2D eigenvalue weighted by molar-refractivity contribution is 0.0600. The first-order valence-electron chi connectivity index (χ1n) is 13.7. The molecule has 0 spiro atoms. The number of amides is 1. The standard InChI is InChI=1S/C30H35N3O5S2/c1-32(23-11-7-4-8-12-23)40(36,37)24-15-13-22(14-16-24)28(34)31-29-27(30(35)38-2)25-17-18-33(20-26(25)39-29)19-21-9-5-3-6-10-21/h3,5-6,9-10,13-16,23H,4,7-8,11-12,17-20H2,1-2H3,(H,31,34). The molecular weight excluding hydrogens is 546 g/mol. The summed E-state index contributed by atoms with van der Waals surface area (Å²) in [5, 5.41) is 3.35. The Bertz CT molecular complexity index is 1460. The smallest absolute Gasteiger partial charge is 0.341 e. The molecule has 1 fully saturated rings. The van der Waals surface area contributed by atoms with Crippen LogP contribution in [0, 0.1) is 0 Å². The van der Waals surface area contributed by atoms with E-state index in [4.69, 9.17) is 4.74 Å². The Labute approximate surface area is 240 Å². The Kier molecular flexibility index (Phi) is 8.70. The molecule has 0 unspecified atom stereocenters. The highest BCUT2D eigenvalue weighted by molar-refractivity contribution is 7.89. The van der Waals surface area contributed by atoms with E-state index in [-0.39, 0.29) is 10.9 Å². The van der Waals surface area contributed by atoms with E-state index in [9.17, 15) is 18.0 Å². The SMILES string of the molecule is COC(=O)c1c(NC(=O)c2ccc(S(=O)(=O)N(C)C3CCCCC3)cc2)sc2c1CCN(Cc1ccccc1)C2. The monoisotopic (exact) mass is 581 g/mol. The third-order valence-corrected chi connectivity index (χ3v) is 10.9. The number of benzene rings is 2. The van der Waals surface area contributed by atoms with Crippen LogP contribution < -0.4 is 5.32 Å². The van der Waals surface area contributed by atoms with Crippen LogP contribution >= 0.6 is 11.3 Å². The van der Waals surface area contributed by atoms with Crippen molar-refractivity contribution in [3.05, 3.63) is 81.7 Å². The predicted molar refractivity (Wildman–Crippen MR) is 156 cm³/mol. The molecule has 5 rings (SSSR count). The van der Waals surface area contributed by atoms with Gasteiger partial charge in [0.05, 0.1) is 17.6 Å². The molecule has 2 aliphatic rings. The van der Waals surface area contributed by atoms with E-state index < -0.39 is 21.9 Å². The second-order valence-electron chi connectivity index (χ2n) is 10.4. The lowest BCUT2D eigenvalue weighted by atomic mass is 9.96. The molecule has 10 heteroatoms. The normalized spacial score (nSPS) is 16.5. The van der Waals surface area contributed by atoms with Crippen LogP contribution in [0.2, 0.25) is 0 Å². The fourth-order valence-corrected chi connectivity index (χ4v) is 8.29. The maximum absolute atomic E-state index is 13.2. The number of carbonyl (C=O) groups is 2. The molecule has 8 nitrogen and oxygen atoms in total. The van der Waals surface area contributed by atoms with Crippen LogP contribution in [0.3, 0.4) is 0 Å². The largest absolute Gasteiger partial charge is 0.465 e. The van der Waals surface area contributed by atoms with Gasteiger partial charge in [0.15, 0.2) is 0 Å². The highest BCUT2D eigenvalue weighted by Crippen LogP contribution is 2.38. The molecule has 0 atom stereocenters. The third-order valence-electron chi connectivity index (χ3n) is 7.88. The van der Waals surface area contributed by atoms with Gasteiger partial charge in [-0.05, 0) is 54.7 Å². The van der Waals surface area contributed by atoms with E-state index in [1.54, 1.807) is 7.05 Å². The summed E-state index contributed by atoms with van der Waals surface area (Å²) in [6, 6.07) is 16.2. The van der Waals surface area contributed by atoms with Gasteiger partial charge in [0, 0.05) is 43.2 Å². The van der Waals surface area contributed by atoms with Crippen LogP contribution in [0.1, 0.15) is 68.8 Å². The van der Waals surface area contributed by atoms with Crippen molar-refractivity contribution in [1.82, 2.24) is 9.21 Å². The van der Waals surface area contributed by atoms with E-state index in [1.165, 1.54) is 52.6 Å². The lowest BCUT2D eigenvalue weighted by Crippen LogP contribution is -2.38. The average molecular weight is 582 g/mol. The van der Waals surface area contributed by atoms with Gasteiger partial charge in [-0.25, -0.2) is 13.2 Å². The van der Waals surface area contributed by atoms with Crippen molar-refractivity contribution in [3.63, 3.8) is 0 Å². The first-order chi connectivity index (χ1) is 19.3. The fraction of sp³-hybridized carbons (Fsp3) is 0.400. The molecule has 1 N–H and O–H groups in total. The van der Waals surface area contributed by atoms with Gasteiger partial charge < -0.3 is 10.1 Å². The van der Waals surface area contributed by atoms with E-state index in [0.29, 0.717) is 29.1 Å². The maximum atomic E-state index is 13.2. The van der Waals surface area contributed by atoms with Crippen molar-refractivity contribution in [3.8, 4) is 0 Å². The molecule has 1 aliphatic heterocycles. The number of hydrogen-bond acceptors (Lipinski definition) is 7. The summed E-state index contributed by atoms with van der Waals surface area (Å²) in [6.07, 6.45) is 5.63. The minimum absolute atomic E-state index is 0.00643. The Balaban J connectivity index is 1.32. The van der Waals surface area contributed by atoms with Crippen LogP contribution in [0.25, 0.3) is 0 Å². The fourth-order valence-electron chi connectivity index (χ4n) is 5.60. The molecule has 2 heterocycles. The summed E-state index contributed by atoms with van der Waals surface area (Å²) < 4.78 is 32.9. The molecule has 0 bridgehead atoms. The van der Waals surface area contributed by atoms with Crippen LogP contribution in [-0.2, 0) is 34.3 Å². The summed E-state index contributed by atoms with van der Waals surface area (Å²) in [5.74, 6) is -0.883. The molecule has 0 radical (unpaired) electrons. The molecule has 212 valence electrons. The zero-order valence-electron chi connectivity index (χ0n) is 22.9. The Morgan fingerprint density at radius 2 is 1.75 bits per heavy atom. The predicted octanol–water partition coefficient (Wildman–Crippen LogP) is 5.30. The number of nitrogens with zero attached hydrogens (tertiary/aromatic N) is 2. The summed E-state index contributed by atoms with van der Waals surface area (Å²) >= 11 is 1.39. The van der Waals surface area contributed by atoms with E-state index in [1.807, 2.05) is 18.2 Å². The number of thiophene rings is 1. The van der Waals surface area contributed by atoms with Crippen molar-refractivity contribution in [2.75, 3.05) is 26.0 Å². The van der Waals surface area contributed by atoms with Crippen LogP contribution in [0.5, 0.6) is 0 Å². The number of rotatable bonds is 8. The van der Waals surface area contributed by atoms with Crippen LogP contribution in [0.4, 0.5) is 5.00 Å². The van der Waals surface area contributed by atoms with Gasteiger partial charge in [0.2, 0.25) is 10.0 Å². The Hall–Kier alpha value is -3.05. The summed E-state index contributed by atoms with van der Waals surface area (Å²) in [4.78, 5) is 29.5. The summed E-state index contributed by atoms with van der Waals surface area (Å²) in [5.41, 5.74) is 2.86. The number of ether oxygens (including phenoxy) is 1. The van der Waals surface area contributed by atoms with Crippen LogP contribution in [-0.4, -0.2) is 56.2 Å². The molecule has 2 aromatic carbocycles. The van der Waals surface area contributed by atoms with Crippen LogP contribution in [0.15, 0.2) is 59.5 Å². The number of fused-ring (bicyclic) bond motifs is 1. The number of esters is 1. The molecular formula is C30H35N3O5S2. The van der Waals surface area contributed by atoms with Crippen molar-refractivity contribution in [2.45, 2.75) is 62.6 Å². The average Bonchev–Trinajstić information content (AvgIpc) is 3.34. The van der Waals surface area contributed by atoms with Crippen molar-refractivity contribution in [2.24, 2.45) is 0 Å². The Morgan fingerprint density at radius 1 is 1.05 bits per heavy atom. The third kappa shape index (κ3) is 6.00. The quantitative estimate of drug-likeness (QED) is 0.363. The number of carbonyl (C=O) groups excluding carboxylic acids is 2.